The second-order valence-corrected chi connectivity index (χ2v) is 9.86. The van der Waals surface area contributed by atoms with Crippen LogP contribution in [0.15, 0.2) is 17.6 Å². The van der Waals surface area contributed by atoms with E-state index >= 15 is 0 Å². The fourth-order valence-corrected chi connectivity index (χ4v) is 6.30. The minimum absolute atomic E-state index is 0.0791. The van der Waals surface area contributed by atoms with E-state index in [1.54, 1.807) is 11.3 Å². The third kappa shape index (κ3) is 3.40. The molecule has 150 valence electrons. The maximum Gasteiger partial charge on any atom is 0.225 e. The molecule has 1 aliphatic carbocycles. The van der Waals surface area contributed by atoms with Gasteiger partial charge in [0.15, 0.2) is 0 Å². The molecule has 4 heterocycles. The summed E-state index contributed by atoms with van der Waals surface area (Å²) in [7, 11) is 0. The standard InChI is InChI=1S/C22H30N4OS/c27-20-7-10-22(26(20)16-17-5-2-1-3-6-17)9-4-12-25(13-11-22)21-23-15-19-18(24-21)8-14-28-19/h8,14-15,17H,1-7,9-13,16H2/t22-/m0/s1. The van der Waals surface area contributed by atoms with Crippen LogP contribution < -0.4 is 4.90 Å². The van der Waals surface area contributed by atoms with Gasteiger partial charge in [-0.15, -0.1) is 11.3 Å². The van der Waals surface area contributed by atoms with Crippen molar-refractivity contribution in [1.82, 2.24) is 14.9 Å². The van der Waals surface area contributed by atoms with Crippen molar-refractivity contribution in [2.24, 2.45) is 5.92 Å². The van der Waals surface area contributed by atoms with Crippen LogP contribution in [0, 0.1) is 5.92 Å². The maximum absolute atomic E-state index is 12.8. The van der Waals surface area contributed by atoms with Gasteiger partial charge in [0, 0.05) is 31.6 Å². The van der Waals surface area contributed by atoms with Crippen molar-refractivity contribution in [3.05, 3.63) is 17.6 Å². The SMILES string of the molecule is O=C1CC[C@]2(CCCN(c3ncc4sccc4n3)CC2)N1CC1CCCCC1. The molecule has 2 aliphatic heterocycles. The molecule has 1 atom stereocenters. The summed E-state index contributed by atoms with van der Waals surface area (Å²) in [5, 5.41) is 2.08. The topological polar surface area (TPSA) is 49.3 Å². The average Bonchev–Trinajstić information content (AvgIpc) is 3.23. The Morgan fingerprint density at radius 1 is 1.11 bits per heavy atom. The molecule has 0 radical (unpaired) electrons. The Hall–Kier alpha value is -1.69. The van der Waals surface area contributed by atoms with Gasteiger partial charge in [-0.1, -0.05) is 19.3 Å². The van der Waals surface area contributed by atoms with Gasteiger partial charge < -0.3 is 9.80 Å². The lowest BCUT2D eigenvalue weighted by molar-refractivity contribution is -0.132. The van der Waals surface area contributed by atoms with Crippen molar-refractivity contribution in [2.45, 2.75) is 69.7 Å². The molecule has 5 rings (SSSR count). The zero-order chi connectivity index (χ0) is 19.0. The van der Waals surface area contributed by atoms with Gasteiger partial charge in [0.2, 0.25) is 11.9 Å². The molecule has 0 bridgehead atoms. The molecule has 6 heteroatoms. The fourth-order valence-electron chi connectivity index (χ4n) is 5.60. The van der Waals surface area contributed by atoms with Crippen LogP contribution >= 0.6 is 11.3 Å². The summed E-state index contributed by atoms with van der Waals surface area (Å²) in [5.41, 5.74) is 1.12. The number of hydrogen-bond donors (Lipinski definition) is 0. The quantitative estimate of drug-likeness (QED) is 0.757. The Balaban J connectivity index is 1.32. The van der Waals surface area contributed by atoms with E-state index < -0.39 is 0 Å². The lowest BCUT2D eigenvalue weighted by atomic mass is 9.84. The molecule has 2 aromatic rings. The van der Waals surface area contributed by atoms with E-state index in [0.29, 0.717) is 5.91 Å². The van der Waals surface area contributed by atoms with Gasteiger partial charge >= 0.3 is 0 Å². The van der Waals surface area contributed by atoms with Gasteiger partial charge in [-0.25, -0.2) is 9.97 Å². The molecule has 1 saturated carbocycles. The zero-order valence-electron chi connectivity index (χ0n) is 16.6. The highest BCUT2D eigenvalue weighted by Gasteiger charge is 2.46. The molecule has 3 fully saturated rings. The molecule has 0 unspecified atom stereocenters. The first kappa shape index (κ1) is 18.3. The molecular formula is C22H30N4OS. The molecule has 3 aliphatic rings. The number of aromatic nitrogens is 2. The Bertz CT molecular complexity index is 846. The minimum Gasteiger partial charge on any atom is -0.341 e. The van der Waals surface area contributed by atoms with Crippen molar-refractivity contribution in [1.29, 1.82) is 0 Å². The van der Waals surface area contributed by atoms with Gasteiger partial charge in [-0.2, -0.15) is 0 Å². The van der Waals surface area contributed by atoms with Crippen LogP contribution in [0.5, 0.6) is 0 Å². The van der Waals surface area contributed by atoms with E-state index in [-0.39, 0.29) is 5.54 Å². The van der Waals surface area contributed by atoms with Crippen molar-refractivity contribution >= 4 is 33.4 Å². The van der Waals surface area contributed by atoms with Crippen molar-refractivity contribution < 1.29 is 4.79 Å². The minimum atomic E-state index is 0.0791. The average molecular weight is 399 g/mol. The van der Waals surface area contributed by atoms with E-state index in [4.69, 9.17) is 4.98 Å². The molecule has 0 N–H and O–H groups in total. The summed E-state index contributed by atoms with van der Waals surface area (Å²) in [6, 6.07) is 2.08. The molecule has 28 heavy (non-hydrogen) atoms. The lowest BCUT2D eigenvalue weighted by Crippen LogP contribution is -2.48. The molecular weight excluding hydrogens is 368 g/mol. The van der Waals surface area contributed by atoms with E-state index in [1.807, 2.05) is 6.20 Å². The zero-order valence-corrected chi connectivity index (χ0v) is 17.4. The number of fused-ring (bicyclic) bond motifs is 1. The first-order valence-corrected chi connectivity index (χ1v) is 11.9. The monoisotopic (exact) mass is 398 g/mol. The van der Waals surface area contributed by atoms with Crippen molar-refractivity contribution in [3.63, 3.8) is 0 Å². The number of nitrogens with zero attached hydrogens (tertiary/aromatic N) is 4. The van der Waals surface area contributed by atoms with Crippen LogP contribution in [-0.2, 0) is 4.79 Å². The third-order valence-corrected chi connectivity index (χ3v) is 8.08. The van der Waals surface area contributed by atoms with Crippen LogP contribution in [0.25, 0.3) is 10.2 Å². The van der Waals surface area contributed by atoms with Gasteiger partial charge in [-0.05, 0) is 55.9 Å². The van der Waals surface area contributed by atoms with E-state index in [1.165, 1.54) is 32.1 Å². The summed E-state index contributed by atoms with van der Waals surface area (Å²) in [4.78, 5) is 26.9. The Morgan fingerprint density at radius 3 is 2.89 bits per heavy atom. The summed E-state index contributed by atoms with van der Waals surface area (Å²) < 4.78 is 1.15. The van der Waals surface area contributed by atoms with Crippen LogP contribution in [0.2, 0.25) is 0 Å². The van der Waals surface area contributed by atoms with E-state index in [2.05, 4.69) is 26.2 Å². The number of rotatable bonds is 3. The third-order valence-electron chi connectivity index (χ3n) is 7.23. The van der Waals surface area contributed by atoms with Crippen LogP contribution in [-0.4, -0.2) is 45.9 Å². The first-order valence-electron chi connectivity index (χ1n) is 11.0. The van der Waals surface area contributed by atoms with E-state index in [0.717, 1.165) is 73.8 Å². The Labute approximate surface area is 171 Å². The van der Waals surface area contributed by atoms with E-state index in [9.17, 15) is 4.79 Å². The summed E-state index contributed by atoms with van der Waals surface area (Å²) in [6.07, 6.45) is 13.7. The van der Waals surface area contributed by atoms with Crippen LogP contribution in [0.1, 0.15) is 64.2 Å². The van der Waals surface area contributed by atoms with Gasteiger partial charge in [0.1, 0.15) is 0 Å². The number of amides is 1. The first-order chi connectivity index (χ1) is 13.7. The molecule has 0 aromatic carbocycles. The van der Waals surface area contributed by atoms with Gasteiger partial charge in [0.05, 0.1) is 16.4 Å². The van der Waals surface area contributed by atoms with Crippen molar-refractivity contribution in [2.75, 3.05) is 24.5 Å². The lowest BCUT2D eigenvalue weighted by Gasteiger charge is -2.40. The number of carbonyl (C=O) groups excluding carboxylic acids is 1. The smallest absolute Gasteiger partial charge is 0.225 e. The fraction of sp³-hybridized carbons (Fsp3) is 0.682. The normalized spacial score (nSPS) is 27.1. The number of thiophene rings is 1. The molecule has 2 saturated heterocycles. The second kappa shape index (κ2) is 7.62. The number of carbonyl (C=O) groups is 1. The Morgan fingerprint density at radius 2 is 2.00 bits per heavy atom. The van der Waals surface area contributed by atoms with Crippen molar-refractivity contribution in [3.8, 4) is 0 Å². The summed E-state index contributed by atoms with van der Waals surface area (Å²) in [5.74, 6) is 1.97. The van der Waals surface area contributed by atoms with Crippen LogP contribution in [0.3, 0.4) is 0 Å². The molecule has 5 nitrogen and oxygen atoms in total. The predicted molar refractivity (Wildman–Crippen MR) is 114 cm³/mol. The summed E-state index contributed by atoms with van der Waals surface area (Å²) in [6.45, 7) is 2.93. The number of hydrogen-bond acceptors (Lipinski definition) is 5. The van der Waals surface area contributed by atoms with Gasteiger partial charge in [-0.3, -0.25) is 4.79 Å². The maximum atomic E-state index is 12.8. The number of anilines is 1. The molecule has 1 amide bonds. The highest BCUT2D eigenvalue weighted by atomic mass is 32.1. The highest BCUT2D eigenvalue weighted by molar-refractivity contribution is 7.17. The summed E-state index contributed by atoms with van der Waals surface area (Å²) >= 11 is 1.69. The largest absolute Gasteiger partial charge is 0.341 e. The molecule has 2 aromatic heterocycles. The molecule has 1 spiro atoms. The highest BCUT2D eigenvalue weighted by Crippen LogP contribution is 2.41. The predicted octanol–water partition coefficient (Wildman–Crippen LogP) is 4.62. The number of likely N-dealkylation sites (tertiary alicyclic amines) is 1. The second-order valence-electron chi connectivity index (χ2n) is 8.91. The van der Waals surface area contributed by atoms with Crippen LogP contribution in [0.4, 0.5) is 5.95 Å². The van der Waals surface area contributed by atoms with Gasteiger partial charge in [0.25, 0.3) is 0 Å². The Kier molecular flexibility index (Phi) is 4.99.